The predicted octanol–water partition coefficient (Wildman–Crippen LogP) is 2.23. The molecule has 0 N–H and O–H groups in total. The summed E-state index contributed by atoms with van der Waals surface area (Å²) < 4.78 is 4.54. The van der Waals surface area contributed by atoms with Gasteiger partial charge in [-0.2, -0.15) is 0 Å². The molecule has 3 heteroatoms. The molecule has 0 bridgehead atoms. The quantitative estimate of drug-likeness (QED) is 0.612. The normalized spacial score (nSPS) is 18.9. The summed E-state index contributed by atoms with van der Waals surface area (Å²) in [6.45, 7) is 6.35. The lowest BCUT2D eigenvalue weighted by Gasteiger charge is -1.90. The molecule has 0 aromatic heterocycles. The molecule has 1 fully saturated rings. The Kier molecular flexibility index (Phi) is 13.8. The first-order chi connectivity index (χ1) is 6.62. The molecular weight excluding hydrogens is 180 g/mol. The Balaban J connectivity index is 0. The molecular formula is C11H22O3. The molecule has 0 spiro atoms. The van der Waals surface area contributed by atoms with Crippen molar-refractivity contribution in [3.63, 3.8) is 0 Å². The number of methoxy groups -OCH3 is 1. The highest BCUT2D eigenvalue weighted by atomic mass is 16.5. The van der Waals surface area contributed by atoms with Gasteiger partial charge in [0.25, 0.3) is 0 Å². The highest BCUT2D eigenvalue weighted by molar-refractivity contribution is 5.80. The van der Waals surface area contributed by atoms with E-state index in [2.05, 4.69) is 11.7 Å². The molecule has 1 rings (SSSR count). The molecule has 0 aliphatic heterocycles. The van der Waals surface area contributed by atoms with E-state index in [1.165, 1.54) is 6.92 Å². The number of hydrogen-bond acceptors (Lipinski definition) is 3. The molecule has 0 radical (unpaired) electrons. The molecule has 0 aromatic carbocycles. The summed E-state index contributed by atoms with van der Waals surface area (Å²) >= 11 is 0. The molecule has 1 aliphatic carbocycles. The lowest BCUT2D eigenvalue weighted by atomic mass is 10.1. The number of ketones is 1. The second kappa shape index (κ2) is 12.3. The Morgan fingerprint density at radius 3 is 2.07 bits per heavy atom. The number of hydrogen-bond donors (Lipinski definition) is 0. The summed E-state index contributed by atoms with van der Waals surface area (Å²) in [7, 11) is 1.68. The molecule has 1 atom stereocenters. The van der Waals surface area contributed by atoms with Crippen LogP contribution in [0.5, 0.6) is 0 Å². The van der Waals surface area contributed by atoms with Crippen molar-refractivity contribution in [2.75, 3.05) is 13.7 Å². The zero-order valence-electron chi connectivity index (χ0n) is 9.71. The Labute approximate surface area is 86.8 Å². The van der Waals surface area contributed by atoms with Crippen LogP contribution < -0.4 is 0 Å². The van der Waals surface area contributed by atoms with Crippen molar-refractivity contribution < 1.29 is 14.3 Å². The van der Waals surface area contributed by atoms with Crippen molar-refractivity contribution in [2.24, 2.45) is 5.92 Å². The van der Waals surface area contributed by atoms with Gasteiger partial charge in [-0.3, -0.25) is 4.79 Å². The standard InChI is InChI=1S/C6H10O.C3H8O.C2H4O/c1-5-2-3-6(7)4-5;1-3-4-2;1-2-3/h5H,2-4H2,1H3;3H2,1-2H3;2H,1H3. The van der Waals surface area contributed by atoms with Gasteiger partial charge in [-0.25, -0.2) is 0 Å². The highest BCUT2D eigenvalue weighted by Crippen LogP contribution is 2.19. The van der Waals surface area contributed by atoms with Crippen LogP contribution in [0.3, 0.4) is 0 Å². The molecule has 3 nitrogen and oxygen atoms in total. The maximum absolute atomic E-state index is 10.5. The van der Waals surface area contributed by atoms with Crippen molar-refractivity contribution in [1.82, 2.24) is 0 Å². The van der Waals surface area contributed by atoms with E-state index in [0.717, 1.165) is 32.2 Å². The molecule has 0 heterocycles. The average molecular weight is 202 g/mol. The first kappa shape index (κ1) is 15.8. The highest BCUT2D eigenvalue weighted by Gasteiger charge is 2.16. The van der Waals surface area contributed by atoms with Gasteiger partial charge in [0, 0.05) is 26.6 Å². The van der Waals surface area contributed by atoms with Gasteiger partial charge < -0.3 is 9.53 Å². The van der Waals surface area contributed by atoms with Crippen LogP contribution >= 0.6 is 0 Å². The zero-order valence-corrected chi connectivity index (χ0v) is 9.71. The van der Waals surface area contributed by atoms with Crippen LogP contribution in [-0.4, -0.2) is 25.8 Å². The Bertz CT molecular complexity index is 141. The smallest absolute Gasteiger partial charge is 0.133 e. The summed E-state index contributed by atoms with van der Waals surface area (Å²) in [5.74, 6) is 1.12. The first-order valence-electron chi connectivity index (χ1n) is 5.02. The average Bonchev–Trinajstić information content (AvgIpc) is 2.52. The summed E-state index contributed by atoms with van der Waals surface area (Å²) in [6.07, 6.45) is 3.54. The third kappa shape index (κ3) is 13.9. The fourth-order valence-electron chi connectivity index (χ4n) is 1.00. The van der Waals surface area contributed by atoms with Gasteiger partial charge in [0.1, 0.15) is 12.1 Å². The summed E-state index contributed by atoms with van der Waals surface area (Å²) in [6, 6.07) is 0. The third-order valence-corrected chi connectivity index (χ3v) is 1.78. The van der Waals surface area contributed by atoms with Crippen molar-refractivity contribution in [3.8, 4) is 0 Å². The molecule has 1 saturated carbocycles. The van der Waals surface area contributed by atoms with Crippen LogP contribution in [0.25, 0.3) is 0 Å². The minimum atomic E-state index is 0.451. The second-order valence-electron chi connectivity index (χ2n) is 3.20. The van der Waals surface area contributed by atoms with Crippen LogP contribution in [0, 0.1) is 5.92 Å². The van der Waals surface area contributed by atoms with E-state index in [-0.39, 0.29) is 0 Å². The van der Waals surface area contributed by atoms with E-state index in [9.17, 15) is 4.79 Å². The predicted molar refractivity (Wildman–Crippen MR) is 57.3 cm³/mol. The van der Waals surface area contributed by atoms with Gasteiger partial charge in [-0.05, 0) is 26.2 Å². The number of ether oxygens (including phenoxy) is 1. The van der Waals surface area contributed by atoms with E-state index in [4.69, 9.17) is 4.79 Å². The van der Waals surface area contributed by atoms with Gasteiger partial charge in [-0.15, -0.1) is 0 Å². The van der Waals surface area contributed by atoms with Gasteiger partial charge in [0.05, 0.1) is 0 Å². The van der Waals surface area contributed by atoms with Crippen LogP contribution in [0.15, 0.2) is 0 Å². The molecule has 0 saturated heterocycles. The van der Waals surface area contributed by atoms with E-state index in [1.807, 2.05) is 6.92 Å². The first-order valence-corrected chi connectivity index (χ1v) is 5.02. The second-order valence-corrected chi connectivity index (χ2v) is 3.20. The SMILES string of the molecule is CC1CCC(=O)C1.CC=O.CCOC. The minimum Gasteiger partial charge on any atom is -0.385 e. The summed E-state index contributed by atoms with van der Waals surface area (Å²) in [5.41, 5.74) is 0. The molecule has 14 heavy (non-hydrogen) atoms. The number of aldehydes is 1. The van der Waals surface area contributed by atoms with Crippen LogP contribution in [0.2, 0.25) is 0 Å². The molecule has 84 valence electrons. The maximum Gasteiger partial charge on any atom is 0.133 e. The third-order valence-electron chi connectivity index (χ3n) is 1.78. The number of carbonyl (C=O) groups excluding carboxylic acids is 2. The summed E-state index contributed by atoms with van der Waals surface area (Å²) in [4.78, 5) is 19.3. The fraction of sp³-hybridized carbons (Fsp3) is 0.818. The van der Waals surface area contributed by atoms with Gasteiger partial charge >= 0.3 is 0 Å². The molecule has 0 aromatic rings. The summed E-state index contributed by atoms with van der Waals surface area (Å²) in [5, 5.41) is 0. The number of rotatable bonds is 1. The van der Waals surface area contributed by atoms with Crippen LogP contribution in [0.1, 0.15) is 40.0 Å². The van der Waals surface area contributed by atoms with E-state index in [1.54, 1.807) is 7.11 Å². The zero-order chi connectivity index (χ0) is 11.4. The lowest BCUT2D eigenvalue weighted by molar-refractivity contribution is -0.117. The van der Waals surface area contributed by atoms with Gasteiger partial charge in [0.15, 0.2) is 0 Å². The number of Topliss-reactive ketones (excluding diaryl/α,β-unsaturated/α-hetero) is 1. The monoisotopic (exact) mass is 202 g/mol. The van der Waals surface area contributed by atoms with Crippen LogP contribution in [-0.2, 0) is 14.3 Å². The lowest BCUT2D eigenvalue weighted by Crippen LogP contribution is -1.86. The molecule has 0 amide bonds. The topological polar surface area (TPSA) is 43.4 Å². The van der Waals surface area contributed by atoms with Crippen molar-refractivity contribution >= 4 is 12.1 Å². The number of carbonyl (C=O) groups is 2. The van der Waals surface area contributed by atoms with Crippen molar-refractivity contribution in [3.05, 3.63) is 0 Å². The largest absolute Gasteiger partial charge is 0.385 e. The van der Waals surface area contributed by atoms with Crippen molar-refractivity contribution in [1.29, 1.82) is 0 Å². The van der Waals surface area contributed by atoms with E-state index >= 15 is 0 Å². The Hall–Kier alpha value is -0.700. The Morgan fingerprint density at radius 1 is 1.57 bits per heavy atom. The molecule has 1 unspecified atom stereocenters. The van der Waals surface area contributed by atoms with Crippen molar-refractivity contribution in [2.45, 2.75) is 40.0 Å². The fourth-order valence-corrected chi connectivity index (χ4v) is 1.00. The maximum atomic E-state index is 10.5. The van der Waals surface area contributed by atoms with Gasteiger partial charge in [0.2, 0.25) is 0 Å². The van der Waals surface area contributed by atoms with E-state index in [0.29, 0.717) is 11.7 Å². The minimum absolute atomic E-state index is 0.451. The molecule has 1 aliphatic rings. The van der Waals surface area contributed by atoms with E-state index < -0.39 is 0 Å². The van der Waals surface area contributed by atoms with Gasteiger partial charge in [-0.1, -0.05) is 6.92 Å². The Morgan fingerprint density at radius 2 is 2.00 bits per heavy atom. The van der Waals surface area contributed by atoms with Crippen LogP contribution in [0.4, 0.5) is 0 Å².